The van der Waals surface area contributed by atoms with Crippen molar-refractivity contribution in [3.63, 3.8) is 0 Å². The van der Waals surface area contributed by atoms with Crippen LogP contribution in [0.4, 0.5) is 0 Å². The van der Waals surface area contributed by atoms with Gasteiger partial charge in [0.25, 0.3) is 11.7 Å². The summed E-state index contributed by atoms with van der Waals surface area (Å²) in [5.74, 6) is -0.801. The number of hydrogen-bond acceptors (Lipinski definition) is 7. The number of rotatable bonds is 9. The number of benzene rings is 2. The van der Waals surface area contributed by atoms with Crippen molar-refractivity contribution < 1.29 is 24.2 Å². The summed E-state index contributed by atoms with van der Waals surface area (Å²) < 4.78 is 11.3. The van der Waals surface area contributed by atoms with Crippen LogP contribution in [0.5, 0.6) is 5.75 Å². The molecule has 1 aromatic heterocycles. The standard InChI is InChI=1S/C31H33N3O5/c1-22-20-25(39-21-23-6-3-2-4-7-23)8-9-26(22)29(35)27-28(24-10-12-32-13-11-24)34(31(37)30(27)36)15-5-14-33-16-18-38-19-17-33/h2-4,6-13,20,28,35H,5,14-19,21H2,1H3/t28-/m0/s1. The van der Waals surface area contributed by atoms with E-state index in [4.69, 9.17) is 9.47 Å². The molecule has 0 unspecified atom stereocenters. The van der Waals surface area contributed by atoms with E-state index in [1.807, 2.05) is 43.3 Å². The normalized spacial score (nSPS) is 19.4. The van der Waals surface area contributed by atoms with Crippen LogP contribution in [0.15, 0.2) is 78.6 Å². The second-order valence-corrected chi connectivity index (χ2v) is 9.83. The molecule has 3 aromatic rings. The van der Waals surface area contributed by atoms with Gasteiger partial charge in [0.2, 0.25) is 0 Å². The Bertz CT molecular complexity index is 1340. The van der Waals surface area contributed by atoms with Gasteiger partial charge in [0, 0.05) is 44.1 Å². The quantitative estimate of drug-likeness (QED) is 0.254. The van der Waals surface area contributed by atoms with Gasteiger partial charge in [0.1, 0.15) is 18.1 Å². The minimum Gasteiger partial charge on any atom is -0.507 e. The summed E-state index contributed by atoms with van der Waals surface area (Å²) in [6.07, 6.45) is 3.97. The van der Waals surface area contributed by atoms with Gasteiger partial charge >= 0.3 is 0 Å². The van der Waals surface area contributed by atoms with Crippen LogP contribution < -0.4 is 4.74 Å². The highest BCUT2D eigenvalue weighted by molar-refractivity contribution is 6.46. The summed E-state index contributed by atoms with van der Waals surface area (Å²) in [4.78, 5) is 34.6. The highest BCUT2D eigenvalue weighted by Gasteiger charge is 2.46. The number of Topliss-reactive ketones (excluding diaryl/α,β-unsaturated/α-hetero) is 1. The fourth-order valence-corrected chi connectivity index (χ4v) is 5.17. The largest absolute Gasteiger partial charge is 0.507 e. The number of carbonyl (C=O) groups is 2. The summed E-state index contributed by atoms with van der Waals surface area (Å²) in [7, 11) is 0. The first-order valence-corrected chi connectivity index (χ1v) is 13.3. The molecule has 0 saturated carbocycles. The highest BCUT2D eigenvalue weighted by Crippen LogP contribution is 2.40. The van der Waals surface area contributed by atoms with E-state index in [0.717, 1.165) is 36.3 Å². The summed E-state index contributed by atoms with van der Waals surface area (Å²) in [6.45, 7) is 6.60. The second kappa shape index (κ2) is 12.2. The van der Waals surface area contributed by atoms with Crippen LogP contribution in [0.25, 0.3) is 5.76 Å². The molecule has 0 bridgehead atoms. The number of morpholine rings is 1. The molecule has 5 rings (SSSR count). The smallest absolute Gasteiger partial charge is 0.295 e. The van der Waals surface area contributed by atoms with Gasteiger partial charge < -0.3 is 19.5 Å². The summed E-state index contributed by atoms with van der Waals surface area (Å²) in [6, 6.07) is 18.1. The first-order valence-electron chi connectivity index (χ1n) is 13.3. The maximum Gasteiger partial charge on any atom is 0.295 e. The molecule has 2 aliphatic rings. The third-order valence-electron chi connectivity index (χ3n) is 7.24. The Morgan fingerprint density at radius 2 is 1.77 bits per heavy atom. The molecule has 1 amide bonds. The van der Waals surface area contributed by atoms with E-state index in [1.165, 1.54) is 0 Å². The van der Waals surface area contributed by atoms with Gasteiger partial charge in [-0.3, -0.25) is 19.5 Å². The van der Waals surface area contributed by atoms with Crippen LogP contribution in [0.1, 0.15) is 34.7 Å². The fraction of sp³-hybridized carbons (Fsp3) is 0.323. The fourth-order valence-electron chi connectivity index (χ4n) is 5.17. The zero-order valence-corrected chi connectivity index (χ0v) is 22.1. The van der Waals surface area contributed by atoms with E-state index in [-0.39, 0.29) is 11.3 Å². The van der Waals surface area contributed by atoms with Gasteiger partial charge in [0.05, 0.1) is 24.8 Å². The number of ether oxygens (including phenoxy) is 2. The first-order chi connectivity index (χ1) is 19.0. The SMILES string of the molecule is Cc1cc(OCc2ccccc2)ccc1C(O)=C1C(=O)C(=O)N(CCCN2CCOCC2)[C@H]1c1ccncc1. The third kappa shape index (κ3) is 6.02. The number of amides is 1. The first kappa shape index (κ1) is 26.6. The summed E-state index contributed by atoms with van der Waals surface area (Å²) in [5.41, 5.74) is 3.11. The molecule has 0 radical (unpaired) electrons. The van der Waals surface area contributed by atoms with Gasteiger partial charge in [-0.2, -0.15) is 0 Å². The number of hydrogen-bond donors (Lipinski definition) is 1. The van der Waals surface area contributed by atoms with Crippen molar-refractivity contribution in [2.24, 2.45) is 0 Å². The molecule has 2 aromatic carbocycles. The Morgan fingerprint density at radius 1 is 1.03 bits per heavy atom. The Labute approximate surface area is 228 Å². The topological polar surface area (TPSA) is 92.2 Å². The molecule has 39 heavy (non-hydrogen) atoms. The molecule has 2 fully saturated rings. The molecular weight excluding hydrogens is 494 g/mol. The molecule has 2 aliphatic heterocycles. The van der Waals surface area contributed by atoms with E-state index < -0.39 is 17.7 Å². The number of aryl methyl sites for hydroxylation is 1. The van der Waals surface area contributed by atoms with Crippen molar-refractivity contribution in [2.45, 2.75) is 26.0 Å². The number of pyridine rings is 1. The monoisotopic (exact) mass is 527 g/mol. The minimum absolute atomic E-state index is 0.0960. The number of ketones is 1. The zero-order chi connectivity index (χ0) is 27.2. The van der Waals surface area contributed by atoms with Gasteiger partial charge in [-0.05, 0) is 60.4 Å². The number of nitrogens with zero attached hydrogens (tertiary/aromatic N) is 3. The van der Waals surface area contributed by atoms with Gasteiger partial charge in [0.15, 0.2) is 0 Å². The van der Waals surface area contributed by atoms with Crippen molar-refractivity contribution >= 4 is 17.4 Å². The molecule has 8 nitrogen and oxygen atoms in total. The van der Waals surface area contributed by atoms with Crippen LogP contribution >= 0.6 is 0 Å². The average Bonchev–Trinajstić information content (AvgIpc) is 3.22. The molecule has 1 N–H and O–H groups in total. The van der Waals surface area contributed by atoms with Crippen LogP contribution in [-0.2, 0) is 20.9 Å². The van der Waals surface area contributed by atoms with Crippen molar-refractivity contribution in [1.82, 2.24) is 14.8 Å². The number of likely N-dealkylation sites (tertiary alicyclic amines) is 1. The van der Waals surface area contributed by atoms with Gasteiger partial charge in [-0.15, -0.1) is 0 Å². The Kier molecular flexibility index (Phi) is 8.34. The van der Waals surface area contributed by atoms with E-state index in [9.17, 15) is 14.7 Å². The van der Waals surface area contributed by atoms with Crippen molar-refractivity contribution in [3.8, 4) is 5.75 Å². The Balaban J connectivity index is 1.40. The van der Waals surface area contributed by atoms with Crippen LogP contribution in [0, 0.1) is 6.92 Å². The lowest BCUT2D eigenvalue weighted by atomic mass is 9.94. The van der Waals surface area contributed by atoms with Crippen LogP contribution in [0.2, 0.25) is 0 Å². The predicted molar refractivity (Wildman–Crippen MR) is 147 cm³/mol. The number of aliphatic hydroxyl groups is 1. The maximum absolute atomic E-state index is 13.3. The Hall–Kier alpha value is -4.01. The average molecular weight is 528 g/mol. The van der Waals surface area contributed by atoms with Gasteiger partial charge in [-0.25, -0.2) is 0 Å². The van der Waals surface area contributed by atoms with E-state index in [1.54, 1.807) is 41.6 Å². The number of carbonyl (C=O) groups excluding carboxylic acids is 2. The molecule has 8 heteroatoms. The van der Waals surface area contributed by atoms with E-state index in [0.29, 0.717) is 44.1 Å². The second-order valence-electron chi connectivity index (χ2n) is 9.83. The third-order valence-corrected chi connectivity index (χ3v) is 7.24. The molecule has 3 heterocycles. The molecule has 202 valence electrons. The van der Waals surface area contributed by atoms with Crippen molar-refractivity contribution in [3.05, 3.63) is 101 Å². The Morgan fingerprint density at radius 3 is 2.49 bits per heavy atom. The minimum atomic E-state index is -0.689. The molecule has 1 atom stereocenters. The lowest BCUT2D eigenvalue weighted by molar-refractivity contribution is -0.140. The predicted octanol–water partition coefficient (Wildman–Crippen LogP) is 4.11. The van der Waals surface area contributed by atoms with Crippen LogP contribution in [0.3, 0.4) is 0 Å². The highest BCUT2D eigenvalue weighted by atomic mass is 16.5. The van der Waals surface area contributed by atoms with E-state index >= 15 is 0 Å². The van der Waals surface area contributed by atoms with Crippen LogP contribution in [-0.4, -0.2) is 71.0 Å². The zero-order valence-electron chi connectivity index (χ0n) is 22.1. The summed E-state index contributed by atoms with van der Waals surface area (Å²) >= 11 is 0. The van der Waals surface area contributed by atoms with E-state index in [2.05, 4.69) is 9.88 Å². The van der Waals surface area contributed by atoms with Crippen molar-refractivity contribution in [1.29, 1.82) is 0 Å². The summed E-state index contributed by atoms with van der Waals surface area (Å²) in [5, 5.41) is 11.5. The number of aliphatic hydroxyl groups excluding tert-OH is 1. The lowest BCUT2D eigenvalue weighted by Gasteiger charge is -2.29. The number of aromatic nitrogens is 1. The lowest BCUT2D eigenvalue weighted by Crippen LogP contribution is -2.38. The molecule has 0 aliphatic carbocycles. The van der Waals surface area contributed by atoms with Crippen molar-refractivity contribution in [2.75, 3.05) is 39.4 Å². The maximum atomic E-state index is 13.3. The molecule has 2 saturated heterocycles. The van der Waals surface area contributed by atoms with Gasteiger partial charge in [-0.1, -0.05) is 30.3 Å². The molecular formula is C31H33N3O5. The molecule has 0 spiro atoms.